The van der Waals surface area contributed by atoms with Gasteiger partial charge in [0.2, 0.25) is 0 Å². The average molecular weight is 190 g/mol. The highest BCUT2D eigenvalue weighted by Gasteiger charge is 2.01. The normalized spacial score (nSPS) is 9.00. The summed E-state index contributed by atoms with van der Waals surface area (Å²) in [5, 5.41) is 11.4. The summed E-state index contributed by atoms with van der Waals surface area (Å²) >= 11 is 4.77. The molecule has 0 unspecified atom stereocenters. The lowest BCUT2D eigenvalue weighted by atomic mass is 10.1. The first-order valence-electron chi connectivity index (χ1n) is 3.92. The van der Waals surface area contributed by atoms with Crippen molar-refractivity contribution in [1.82, 2.24) is 0 Å². The Bertz CT molecular complexity index is 377. The molecule has 0 saturated heterocycles. The number of nitrogens with zero attached hydrogens (tertiary/aromatic N) is 1. The van der Waals surface area contributed by atoms with Crippen molar-refractivity contribution in [2.24, 2.45) is 0 Å². The monoisotopic (exact) mass is 190 g/mol. The summed E-state index contributed by atoms with van der Waals surface area (Å²) in [6.45, 7) is 4.02. The number of anilines is 1. The Morgan fingerprint density at radius 2 is 2.15 bits per heavy atom. The van der Waals surface area contributed by atoms with Gasteiger partial charge in [0.15, 0.2) is 4.99 Å². The van der Waals surface area contributed by atoms with Crippen LogP contribution < -0.4 is 5.32 Å². The van der Waals surface area contributed by atoms with Gasteiger partial charge in [-0.1, -0.05) is 12.1 Å². The van der Waals surface area contributed by atoms with Crippen LogP contribution in [0.5, 0.6) is 0 Å². The molecule has 1 aromatic rings. The van der Waals surface area contributed by atoms with Crippen LogP contribution in [0.25, 0.3) is 0 Å². The Labute approximate surface area is 83.2 Å². The molecule has 0 spiro atoms. The minimum Gasteiger partial charge on any atom is -0.338 e. The minimum absolute atomic E-state index is 0.203. The summed E-state index contributed by atoms with van der Waals surface area (Å²) < 4.78 is 0. The van der Waals surface area contributed by atoms with Crippen molar-refractivity contribution >= 4 is 22.9 Å². The molecule has 1 aromatic carbocycles. The van der Waals surface area contributed by atoms with Crippen LogP contribution in [0.15, 0.2) is 18.2 Å². The van der Waals surface area contributed by atoms with E-state index >= 15 is 0 Å². The molecule has 0 aliphatic carbocycles. The fraction of sp³-hybridized carbons (Fsp3) is 0.200. The summed E-state index contributed by atoms with van der Waals surface area (Å²) in [7, 11) is 0. The van der Waals surface area contributed by atoms with Gasteiger partial charge in [-0.3, -0.25) is 0 Å². The van der Waals surface area contributed by atoms with Gasteiger partial charge >= 0.3 is 0 Å². The highest BCUT2D eigenvalue weighted by Crippen LogP contribution is 2.17. The smallest absolute Gasteiger partial charge is 0.182 e. The number of nitriles is 1. The lowest BCUT2D eigenvalue weighted by molar-refractivity contribution is 1.34. The van der Waals surface area contributed by atoms with Gasteiger partial charge in [-0.05, 0) is 43.3 Å². The standard InChI is InChI=1S/C10H10N2S/c1-7-4-3-5-9(8(7)2)12-10(13)6-11/h3-5H,1-2H3,(H,12,13). The van der Waals surface area contributed by atoms with Gasteiger partial charge < -0.3 is 5.32 Å². The fourth-order valence-electron chi connectivity index (χ4n) is 1.04. The highest BCUT2D eigenvalue weighted by molar-refractivity contribution is 7.81. The van der Waals surface area contributed by atoms with Crippen molar-refractivity contribution < 1.29 is 0 Å². The third-order valence-electron chi connectivity index (χ3n) is 1.95. The van der Waals surface area contributed by atoms with Crippen LogP contribution in [0.3, 0.4) is 0 Å². The van der Waals surface area contributed by atoms with Crippen LogP contribution in [-0.2, 0) is 0 Å². The Morgan fingerprint density at radius 1 is 1.46 bits per heavy atom. The predicted molar refractivity (Wildman–Crippen MR) is 57.7 cm³/mol. The van der Waals surface area contributed by atoms with E-state index in [4.69, 9.17) is 17.5 Å². The Hall–Kier alpha value is -1.40. The third-order valence-corrected chi connectivity index (χ3v) is 2.15. The van der Waals surface area contributed by atoms with E-state index in [0.717, 1.165) is 11.3 Å². The second-order valence-electron chi connectivity index (χ2n) is 2.81. The van der Waals surface area contributed by atoms with Crippen LogP contribution in [0, 0.1) is 25.2 Å². The molecule has 0 aliphatic heterocycles. The average Bonchev–Trinajstić information content (AvgIpc) is 2.13. The van der Waals surface area contributed by atoms with E-state index < -0.39 is 0 Å². The zero-order valence-corrected chi connectivity index (χ0v) is 8.40. The molecule has 0 radical (unpaired) electrons. The van der Waals surface area contributed by atoms with E-state index in [0.29, 0.717) is 0 Å². The molecule has 3 heteroatoms. The van der Waals surface area contributed by atoms with E-state index in [-0.39, 0.29) is 4.99 Å². The zero-order valence-electron chi connectivity index (χ0n) is 7.59. The number of hydrogen-bond acceptors (Lipinski definition) is 2. The van der Waals surface area contributed by atoms with Gasteiger partial charge in [-0.2, -0.15) is 5.26 Å². The first kappa shape index (κ1) is 9.69. The number of rotatable bonds is 1. The topological polar surface area (TPSA) is 35.8 Å². The third kappa shape index (κ3) is 2.27. The molecule has 0 heterocycles. The van der Waals surface area contributed by atoms with Crippen LogP contribution in [0.4, 0.5) is 5.69 Å². The van der Waals surface area contributed by atoms with Gasteiger partial charge in [0.1, 0.15) is 6.07 Å². The molecule has 0 aromatic heterocycles. The van der Waals surface area contributed by atoms with Gasteiger partial charge in [-0.25, -0.2) is 0 Å². The summed E-state index contributed by atoms with van der Waals surface area (Å²) in [5.74, 6) is 0. The molecule has 1 N–H and O–H groups in total. The predicted octanol–water partition coefficient (Wildman–Crippen LogP) is 2.57. The van der Waals surface area contributed by atoms with Crippen LogP contribution in [-0.4, -0.2) is 4.99 Å². The molecule has 0 amide bonds. The molecule has 0 atom stereocenters. The van der Waals surface area contributed by atoms with Crippen molar-refractivity contribution in [3.8, 4) is 6.07 Å². The summed E-state index contributed by atoms with van der Waals surface area (Å²) in [4.78, 5) is 0.203. The van der Waals surface area contributed by atoms with Gasteiger partial charge in [-0.15, -0.1) is 0 Å². The molecule has 1 rings (SSSR count). The molecule has 0 bridgehead atoms. The summed E-state index contributed by atoms with van der Waals surface area (Å²) in [5.41, 5.74) is 3.22. The lowest BCUT2D eigenvalue weighted by Crippen LogP contribution is -2.07. The van der Waals surface area contributed by atoms with E-state index in [1.165, 1.54) is 5.56 Å². The van der Waals surface area contributed by atoms with Crippen LogP contribution >= 0.6 is 12.2 Å². The zero-order chi connectivity index (χ0) is 9.84. The van der Waals surface area contributed by atoms with Crippen molar-refractivity contribution in [3.05, 3.63) is 29.3 Å². The fourth-order valence-corrected chi connectivity index (χ4v) is 1.15. The Balaban J connectivity index is 2.97. The number of aryl methyl sites for hydroxylation is 1. The maximum absolute atomic E-state index is 8.50. The van der Waals surface area contributed by atoms with Gasteiger partial charge in [0, 0.05) is 5.69 Å². The van der Waals surface area contributed by atoms with E-state index in [1.807, 2.05) is 38.1 Å². The molecule has 2 nitrogen and oxygen atoms in total. The van der Waals surface area contributed by atoms with E-state index in [1.54, 1.807) is 0 Å². The molecule has 0 fully saturated rings. The summed E-state index contributed by atoms with van der Waals surface area (Å²) in [6.07, 6.45) is 0. The largest absolute Gasteiger partial charge is 0.338 e. The van der Waals surface area contributed by atoms with Crippen molar-refractivity contribution in [2.45, 2.75) is 13.8 Å². The molecule has 0 aliphatic rings. The molecule has 0 saturated carbocycles. The van der Waals surface area contributed by atoms with Crippen molar-refractivity contribution in [3.63, 3.8) is 0 Å². The van der Waals surface area contributed by atoms with Crippen molar-refractivity contribution in [2.75, 3.05) is 5.32 Å². The molecule has 66 valence electrons. The highest BCUT2D eigenvalue weighted by atomic mass is 32.1. The molecular formula is C10H10N2S. The van der Waals surface area contributed by atoms with Crippen LogP contribution in [0.1, 0.15) is 11.1 Å². The summed E-state index contributed by atoms with van der Waals surface area (Å²) in [6, 6.07) is 7.75. The Morgan fingerprint density at radius 3 is 2.77 bits per heavy atom. The van der Waals surface area contributed by atoms with Gasteiger partial charge in [0.25, 0.3) is 0 Å². The quantitative estimate of drug-likeness (QED) is 0.691. The minimum atomic E-state index is 0.203. The second-order valence-corrected chi connectivity index (χ2v) is 3.22. The van der Waals surface area contributed by atoms with Gasteiger partial charge in [0.05, 0.1) is 0 Å². The first-order chi connectivity index (χ1) is 6.15. The number of benzene rings is 1. The number of thiocarbonyl (C=S) groups is 1. The maximum Gasteiger partial charge on any atom is 0.182 e. The maximum atomic E-state index is 8.50. The number of hydrogen-bond donors (Lipinski definition) is 1. The SMILES string of the molecule is Cc1cccc(NC(=S)C#N)c1C. The number of nitrogens with one attached hydrogen (secondary N) is 1. The lowest BCUT2D eigenvalue weighted by Gasteiger charge is -2.08. The van der Waals surface area contributed by atoms with E-state index in [9.17, 15) is 0 Å². The van der Waals surface area contributed by atoms with Crippen LogP contribution in [0.2, 0.25) is 0 Å². The van der Waals surface area contributed by atoms with Crippen molar-refractivity contribution in [1.29, 1.82) is 5.26 Å². The Kier molecular flexibility index (Phi) is 2.99. The molecule has 13 heavy (non-hydrogen) atoms. The first-order valence-corrected chi connectivity index (χ1v) is 4.33. The molecular weight excluding hydrogens is 180 g/mol. The second kappa shape index (κ2) is 4.01. The van der Waals surface area contributed by atoms with E-state index in [2.05, 4.69) is 5.32 Å².